The van der Waals surface area contributed by atoms with E-state index in [4.69, 9.17) is 0 Å². The minimum atomic E-state index is -3.33. The van der Waals surface area contributed by atoms with Crippen LogP contribution in [0.25, 0.3) is 0 Å². The third-order valence-electron chi connectivity index (χ3n) is 2.48. The maximum absolute atomic E-state index is 12.3. The van der Waals surface area contributed by atoms with Gasteiger partial charge in [0.1, 0.15) is 0 Å². The SMILES string of the molecule is CC(C)N(C)S(=O)(=O)N(CCCBr)C(C)C. The first-order valence-electron chi connectivity index (χ1n) is 5.55. The highest BCUT2D eigenvalue weighted by atomic mass is 79.9. The number of halogens is 1. The summed E-state index contributed by atoms with van der Waals surface area (Å²) in [6.45, 7) is 8.11. The summed E-state index contributed by atoms with van der Waals surface area (Å²) in [5.74, 6) is 0. The molecule has 0 N–H and O–H groups in total. The predicted molar refractivity (Wildman–Crippen MR) is 72.1 cm³/mol. The summed E-state index contributed by atoms with van der Waals surface area (Å²) in [6.07, 6.45) is 0.823. The smallest absolute Gasteiger partial charge is 0.195 e. The molecule has 0 amide bonds. The van der Waals surface area contributed by atoms with Crippen LogP contribution in [0.15, 0.2) is 0 Å². The van der Waals surface area contributed by atoms with Crippen LogP contribution in [0.1, 0.15) is 34.1 Å². The minimum absolute atomic E-state index is 0.00903. The summed E-state index contributed by atoms with van der Waals surface area (Å²) in [7, 11) is -1.70. The molecule has 0 aliphatic carbocycles. The second-order valence-corrected chi connectivity index (χ2v) is 7.10. The van der Waals surface area contributed by atoms with E-state index in [1.54, 1.807) is 11.4 Å². The molecule has 0 atom stereocenters. The van der Waals surface area contributed by atoms with Gasteiger partial charge in [-0.3, -0.25) is 0 Å². The van der Waals surface area contributed by atoms with Gasteiger partial charge in [0.05, 0.1) is 0 Å². The molecule has 0 aromatic heterocycles. The van der Waals surface area contributed by atoms with Gasteiger partial charge in [-0.2, -0.15) is 17.0 Å². The van der Waals surface area contributed by atoms with Gasteiger partial charge in [0.15, 0.2) is 0 Å². The van der Waals surface area contributed by atoms with Crippen molar-refractivity contribution in [2.75, 3.05) is 18.9 Å². The van der Waals surface area contributed by atoms with Crippen LogP contribution >= 0.6 is 15.9 Å². The molecular weight excluding hydrogens is 292 g/mol. The van der Waals surface area contributed by atoms with Gasteiger partial charge in [-0.25, -0.2) is 0 Å². The fourth-order valence-corrected chi connectivity index (χ4v) is 3.29. The van der Waals surface area contributed by atoms with Crippen molar-refractivity contribution in [1.29, 1.82) is 0 Å². The molecule has 0 rings (SSSR count). The van der Waals surface area contributed by atoms with Crippen LogP contribution in [0.2, 0.25) is 0 Å². The van der Waals surface area contributed by atoms with E-state index in [2.05, 4.69) is 15.9 Å². The zero-order chi connectivity index (χ0) is 12.9. The molecule has 0 aromatic rings. The van der Waals surface area contributed by atoms with E-state index in [9.17, 15) is 8.42 Å². The molecule has 6 heteroatoms. The lowest BCUT2D eigenvalue weighted by Crippen LogP contribution is -2.48. The Morgan fingerprint density at radius 2 is 1.62 bits per heavy atom. The normalized spacial score (nSPS) is 13.4. The van der Waals surface area contributed by atoms with Gasteiger partial charge >= 0.3 is 0 Å². The minimum Gasteiger partial charge on any atom is -0.195 e. The van der Waals surface area contributed by atoms with Crippen LogP contribution in [0.4, 0.5) is 0 Å². The molecule has 98 valence electrons. The zero-order valence-electron chi connectivity index (χ0n) is 10.8. The third-order valence-corrected chi connectivity index (χ3v) is 5.38. The highest BCUT2D eigenvalue weighted by molar-refractivity contribution is 9.09. The van der Waals surface area contributed by atoms with Gasteiger partial charge < -0.3 is 0 Å². The Balaban J connectivity index is 4.90. The number of hydrogen-bond acceptors (Lipinski definition) is 2. The lowest BCUT2D eigenvalue weighted by Gasteiger charge is -2.32. The van der Waals surface area contributed by atoms with Crippen molar-refractivity contribution in [2.24, 2.45) is 0 Å². The highest BCUT2D eigenvalue weighted by Crippen LogP contribution is 2.14. The average Bonchev–Trinajstić information content (AvgIpc) is 2.16. The van der Waals surface area contributed by atoms with Crippen molar-refractivity contribution in [3.05, 3.63) is 0 Å². The first-order chi connectivity index (χ1) is 7.25. The van der Waals surface area contributed by atoms with E-state index < -0.39 is 10.2 Å². The topological polar surface area (TPSA) is 40.6 Å². The fourth-order valence-electron chi connectivity index (χ4n) is 1.29. The standard InChI is InChI=1S/C10H23BrN2O2S/c1-9(2)12(5)16(14,15)13(10(3)4)8-6-7-11/h9-10H,6-8H2,1-5H3. The van der Waals surface area contributed by atoms with Gasteiger partial charge in [0.2, 0.25) is 0 Å². The van der Waals surface area contributed by atoms with E-state index in [1.807, 2.05) is 27.7 Å². The van der Waals surface area contributed by atoms with E-state index >= 15 is 0 Å². The lowest BCUT2D eigenvalue weighted by molar-refractivity contribution is 0.303. The Hall–Kier alpha value is 0.350. The molecule has 0 aliphatic rings. The van der Waals surface area contributed by atoms with Crippen LogP contribution in [-0.2, 0) is 10.2 Å². The molecule has 16 heavy (non-hydrogen) atoms. The van der Waals surface area contributed by atoms with Crippen molar-refractivity contribution in [1.82, 2.24) is 8.61 Å². The zero-order valence-corrected chi connectivity index (χ0v) is 13.2. The summed E-state index contributed by atoms with van der Waals surface area (Å²) in [5, 5.41) is 0.817. The summed E-state index contributed by atoms with van der Waals surface area (Å²) in [6, 6.07) is -0.0273. The van der Waals surface area contributed by atoms with Crippen LogP contribution in [0.5, 0.6) is 0 Å². The van der Waals surface area contributed by atoms with Crippen LogP contribution < -0.4 is 0 Å². The molecule has 0 unspecified atom stereocenters. The number of nitrogens with zero attached hydrogens (tertiary/aromatic N) is 2. The summed E-state index contributed by atoms with van der Waals surface area (Å²) >= 11 is 3.32. The fraction of sp³-hybridized carbons (Fsp3) is 1.00. The van der Waals surface area contributed by atoms with Crippen LogP contribution in [0.3, 0.4) is 0 Å². The molecule has 0 bridgehead atoms. The highest BCUT2D eigenvalue weighted by Gasteiger charge is 2.29. The second kappa shape index (κ2) is 6.93. The molecule has 0 spiro atoms. The lowest BCUT2D eigenvalue weighted by atomic mass is 10.4. The first-order valence-corrected chi connectivity index (χ1v) is 8.07. The van der Waals surface area contributed by atoms with E-state index in [0.29, 0.717) is 6.54 Å². The van der Waals surface area contributed by atoms with Crippen LogP contribution in [-0.4, -0.2) is 48.0 Å². The van der Waals surface area contributed by atoms with Crippen molar-refractivity contribution < 1.29 is 8.42 Å². The summed E-state index contributed by atoms with van der Waals surface area (Å²) in [4.78, 5) is 0. The Bertz CT molecular complexity index is 291. The Kier molecular flexibility index (Phi) is 7.09. The maximum Gasteiger partial charge on any atom is 0.282 e. The molecule has 0 aromatic carbocycles. The van der Waals surface area contributed by atoms with Gasteiger partial charge in [-0.05, 0) is 34.1 Å². The Morgan fingerprint density at radius 3 is 1.94 bits per heavy atom. The number of hydrogen-bond donors (Lipinski definition) is 0. The van der Waals surface area contributed by atoms with Gasteiger partial charge in [-0.1, -0.05) is 15.9 Å². The molecule has 0 heterocycles. The maximum atomic E-state index is 12.3. The molecule has 0 saturated carbocycles. The average molecular weight is 315 g/mol. The van der Waals surface area contributed by atoms with Gasteiger partial charge in [-0.15, -0.1) is 0 Å². The number of rotatable bonds is 7. The van der Waals surface area contributed by atoms with E-state index in [0.717, 1.165) is 11.8 Å². The van der Waals surface area contributed by atoms with Crippen molar-refractivity contribution in [3.8, 4) is 0 Å². The van der Waals surface area contributed by atoms with Crippen molar-refractivity contribution in [3.63, 3.8) is 0 Å². The molecule has 0 aliphatic heterocycles. The molecule has 0 fully saturated rings. The second-order valence-electron chi connectivity index (χ2n) is 4.36. The van der Waals surface area contributed by atoms with E-state index in [-0.39, 0.29) is 12.1 Å². The van der Waals surface area contributed by atoms with Crippen molar-refractivity contribution in [2.45, 2.75) is 46.2 Å². The number of alkyl halides is 1. The van der Waals surface area contributed by atoms with Crippen molar-refractivity contribution >= 4 is 26.1 Å². The van der Waals surface area contributed by atoms with E-state index in [1.165, 1.54) is 4.31 Å². The predicted octanol–water partition coefficient (Wildman–Crippen LogP) is 2.07. The molecule has 0 radical (unpaired) electrons. The molecule has 0 saturated heterocycles. The van der Waals surface area contributed by atoms with Crippen LogP contribution in [0, 0.1) is 0 Å². The Labute approximate surface area is 108 Å². The van der Waals surface area contributed by atoms with Gasteiger partial charge in [0.25, 0.3) is 10.2 Å². The quantitative estimate of drug-likeness (QED) is 0.675. The summed E-state index contributed by atoms with van der Waals surface area (Å²) in [5.41, 5.74) is 0. The summed E-state index contributed by atoms with van der Waals surface area (Å²) < 4.78 is 27.5. The molecular formula is C10H23BrN2O2S. The van der Waals surface area contributed by atoms with Gasteiger partial charge in [0, 0.05) is 31.0 Å². The molecule has 4 nitrogen and oxygen atoms in total. The largest absolute Gasteiger partial charge is 0.282 e. The third kappa shape index (κ3) is 4.31. The Morgan fingerprint density at radius 1 is 1.12 bits per heavy atom. The monoisotopic (exact) mass is 314 g/mol. The first kappa shape index (κ1) is 16.4.